The van der Waals surface area contributed by atoms with E-state index in [-0.39, 0.29) is 6.04 Å². The highest BCUT2D eigenvalue weighted by Crippen LogP contribution is 1.93. The molecule has 3 nitrogen and oxygen atoms in total. The van der Waals surface area contributed by atoms with E-state index in [1.807, 2.05) is 18.0 Å². The first-order valence-electron chi connectivity index (χ1n) is 3.43. The maximum absolute atomic E-state index is 8.36. The number of nitrogens with two attached hydrogens (primary N) is 1. The summed E-state index contributed by atoms with van der Waals surface area (Å²) < 4.78 is 0. The fraction of sp³-hybridized carbons (Fsp3) is 0.857. The fourth-order valence-electron chi connectivity index (χ4n) is 0.562. The quantitative estimate of drug-likeness (QED) is 0.610. The van der Waals surface area contributed by atoms with E-state index < -0.39 is 0 Å². The third-order valence-electron chi connectivity index (χ3n) is 1.53. The highest BCUT2D eigenvalue weighted by Gasteiger charge is 2.07. The molecule has 0 bridgehead atoms. The zero-order chi connectivity index (χ0) is 8.15. The molecule has 3 heteroatoms. The van der Waals surface area contributed by atoms with Gasteiger partial charge in [0.15, 0.2) is 0 Å². The van der Waals surface area contributed by atoms with Gasteiger partial charge >= 0.3 is 0 Å². The van der Waals surface area contributed by atoms with Crippen molar-refractivity contribution in [3.05, 3.63) is 0 Å². The second-order valence-corrected chi connectivity index (χ2v) is 2.77. The van der Waals surface area contributed by atoms with Gasteiger partial charge in [0, 0.05) is 12.6 Å². The Morgan fingerprint density at radius 3 is 2.40 bits per heavy atom. The van der Waals surface area contributed by atoms with E-state index in [0.29, 0.717) is 12.6 Å². The summed E-state index contributed by atoms with van der Waals surface area (Å²) in [5, 5.41) is 8.36. The van der Waals surface area contributed by atoms with Crippen molar-refractivity contribution in [2.45, 2.75) is 25.9 Å². The fourth-order valence-corrected chi connectivity index (χ4v) is 0.562. The maximum Gasteiger partial charge on any atom is 0.106 e. The number of likely N-dealkylation sites (N-methyl/N-ethyl adjacent to an activating group) is 1. The molecule has 0 saturated carbocycles. The van der Waals surface area contributed by atoms with Crippen molar-refractivity contribution in [2.24, 2.45) is 5.73 Å². The highest BCUT2D eigenvalue weighted by atomic mass is 15.1. The van der Waals surface area contributed by atoms with E-state index in [1.165, 1.54) is 0 Å². The molecule has 0 spiro atoms. The molecule has 0 aromatic rings. The molecule has 0 aromatic heterocycles. The van der Waals surface area contributed by atoms with Crippen LogP contribution in [-0.2, 0) is 0 Å². The van der Waals surface area contributed by atoms with Crippen LogP contribution in [0.15, 0.2) is 0 Å². The largest absolute Gasteiger partial charge is 0.315 e. The van der Waals surface area contributed by atoms with Gasteiger partial charge in [0.25, 0.3) is 0 Å². The van der Waals surface area contributed by atoms with Crippen LogP contribution in [0.5, 0.6) is 0 Å². The summed E-state index contributed by atoms with van der Waals surface area (Å²) in [4.78, 5) is 2.05. The molecular formula is C7H15N3. The Labute approximate surface area is 62.4 Å². The molecule has 0 amide bonds. The van der Waals surface area contributed by atoms with E-state index in [2.05, 4.69) is 13.8 Å². The first kappa shape index (κ1) is 9.41. The van der Waals surface area contributed by atoms with Crippen LogP contribution in [0.25, 0.3) is 0 Å². The summed E-state index contributed by atoms with van der Waals surface area (Å²) in [5.74, 6) is 0. The third-order valence-corrected chi connectivity index (χ3v) is 1.53. The topological polar surface area (TPSA) is 53.0 Å². The second kappa shape index (κ2) is 4.26. The molecule has 0 aromatic carbocycles. The van der Waals surface area contributed by atoms with Gasteiger partial charge in [-0.15, -0.1) is 0 Å². The second-order valence-electron chi connectivity index (χ2n) is 2.77. The minimum atomic E-state index is -0.354. The number of hydrogen-bond donors (Lipinski definition) is 1. The first-order chi connectivity index (χ1) is 4.57. The molecule has 1 atom stereocenters. The number of nitriles is 1. The lowest BCUT2D eigenvalue weighted by Gasteiger charge is -2.21. The summed E-state index contributed by atoms with van der Waals surface area (Å²) in [6, 6.07) is 2.09. The average molecular weight is 141 g/mol. The molecule has 0 saturated heterocycles. The number of nitrogens with zero attached hydrogens (tertiary/aromatic N) is 2. The van der Waals surface area contributed by atoms with Crippen LogP contribution in [0.1, 0.15) is 13.8 Å². The normalized spacial score (nSPS) is 13.7. The van der Waals surface area contributed by atoms with Gasteiger partial charge in [-0.2, -0.15) is 5.26 Å². The van der Waals surface area contributed by atoms with Crippen LogP contribution >= 0.6 is 0 Å². The van der Waals surface area contributed by atoms with Crippen molar-refractivity contribution in [2.75, 3.05) is 13.6 Å². The van der Waals surface area contributed by atoms with Gasteiger partial charge in [-0.25, -0.2) is 0 Å². The Hall–Kier alpha value is -0.590. The van der Waals surface area contributed by atoms with E-state index in [0.717, 1.165) is 0 Å². The SMILES string of the molecule is CC(C)N(C)CC(N)C#N. The van der Waals surface area contributed by atoms with Gasteiger partial charge in [-0.3, -0.25) is 0 Å². The molecule has 0 fully saturated rings. The standard InChI is InChI=1S/C7H15N3/c1-6(2)10(3)5-7(9)4-8/h6-7H,5,9H2,1-3H3. The molecule has 0 aliphatic carbocycles. The Morgan fingerprint density at radius 1 is 1.60 bits per heavy atom. The van der Waals surface area contributed by atoms with E-state index in [1.54, 1.807) is 0 Å². The lowest BCUT2D eigenvalue weighted by atomic mass is 10.3. The van der Waals surface area contributed by atoms with E-state index >= 15 is 0 Å². The van der Waals surface area contributed by atoms with Crippen LogP contribution < -0.4 is 5.73 Å². The third kappa shape index (κ3) is 3.44. The molecule has 0 radical (unpaired) electrons. The predicted molar refractivity (Wildman–Crippen MR) is 41.4 cm³/mol. The van der Waals surface area contributed by atoms with Gasteiger partial charge in [0.2, 0.25) is 0 Å². The zero-order valence-corrected chi connectivity index (χ0v) is 6.83. The Balaban J connectivity index is 3.59. The predicted octanol–water partition coefficient (Wildman–Crippen LogP) is 0.177. The highest BCUT2D eigenvalue weighted by molar-refractivity contribution is 4.88. The molecule has 0 rings (SSSR count). The minimum Gasteiger partial charge on any atom is -0.315 e. The van der Waals surface area contributed by atoms with Crippen molar-refractivity contribution in [1.29, 1.82) is 5.26 Å². The van der Waals surface area contributed by atoms with Gasteiger partial charge < -0.3 is 10.6 Å². The van der Waals surface area contributed by atoms with Crippen molar-refractivity contribution < 1.29 is 0 Å². The molecule has 1 unspecified atom stereocenters. The van der Waals surface area contributed by atoms with Crippen LogP contribution in [-0.4, -0.2) is 30.6 Å². The van der Waals surface area contributed by atoms with Crippen LogP contribution in [0.4, 0.5) is 0 Å². The van der Waals surface area contributed by atoms with Gasteiger partial charge in [-0.1, -0.05) is 0 Å². The van der Waals surface area contributed by atoms with Crippen molar-refractivity contribution in [1.82, 2.24) is 4.90 Å². The number of rotatable bonds is 3. The summed E-state index contributed by atoms with van der Waals surface area (Å²) >= 11 is 0. The Kier molecular flexibility index (Phi) is 4.01. The summed E-state index contributed by atoms with van der Waals surface area (Å²) in [6.45, 7) is 4.79. The van der Waals surface area contributed by atoms with E-state index in [9.17, 15) is 0 Å². The molecule has 0 heterocycles. The summed E-state index contributed by atoms with van der Waals surface area (Å²) in [5.41, 5.74) is 5.41. The van der Waals surface area contributed by atoms with Gasteiger partial charge in [0.1, 0.15) is 6.04 Å². The number of hydrogen-bond acceptors (Lipinski definition) is 3. The lowest BCUT2D eigenvalue weighted by molar-refractivity contribution is 0.269. The molecule has 2 N–H and O–H groups in total. The molecule has 10 heavy (non-hydrogen) atoms. The Bertz CT molecular complexity index is 125. The minimum absolute atomic E-state index is 0.354. The zero-order valence-electron chi connectivity index (χ0n) is 6.83. The first-order valence-corrected chi connectivity index (χ1v) is 3.43. The lowest BCUT2D eigenvalue weighted by Crippen LogP contribution is -2.37. The van der Waals surface area contributed by atoms with Crippen LogP contribution in [0, 0.1) is 11.3 Å². The van der Waals surface area contributed by atoms with Crippen LogP contribution in [0.2, 0.25) is 0 Å². The van der Waals surface area contributed by atoms with Crippen molar-refractivity contribution in [3.8, 4) is 6.07 Å². The molecule has 0 aliphatic rings. The van der Waals surface area contributed by atoms with Gasteiger partial charge in [-0.05, 0) is 20.9 Å². The van der Waals surface area contributed by atoms with Crippen molar-refractivity contribution >= 4 is 0 Å². The molecule has 58 valence electrons. The van der Waals surface area contributed by atoms with Crippen molar-refractivity contribution in [3.63, 3.8) is 0 Å². The Morgan fingerprint density at radius 2 is 2.10 bits per heavy atom. The molecular weight excluding hydrogens is 126 g/mol. The van der Waals surface area contributed by atoms with Gasteiger partial charge in [0.05, 0.1) is 6.07 Å². The monoisotopic (exact) mass is 141 g/mol. The van der Waals surface area contributed by atoms with Crippen LogP contribution in [0.3, 0.4) is 0 Å². The summed E-state index contributed by atoms with van der Waals surface area (Å²) in [7, 11) is 1.96. The summed E-state index contributed by atoms with van der Waals surface area (Å²) in [6.07, 6.45) is 0. The smallest absolute Gasteiger partial charge is 0.106 e. The van der Waals surface area contributed by atoms with E-state index in [4.69, 9.17) is 11.0 Å². The average Bonchev–Trinajstić information content (AvgIpc) is 1.87. The molecule has 0 aliphatic heterocycles. The maximum atomic E-state index is 8.36.